The Bertz CT molecular complexity index is 1220. The molecule has 146 valence electrons. The normalized spacial score (nSPS) is 13.3. The SMILES string of the molecule is CCCN1C(=O)c2cccc3c(-c4ccc(Br)cc4C)c([N+](=O)[O-])cc(c23)C1=O. The molecule has 0 N–H and O–H groups in total. The van der Waals surface area contributed by atoms with E-state index in [1.54, 1.807) is 18.2 Å². The third-order valence-electron chi connectivity index (χ3n) is 5.19. The van der Waals surface area contributed by atoms with Crippen molar-refractivity contribution in [1.82, 2.24) is 4.90 Å². The molecular weight excluding hydrogens is 436 g/mol. The summed E-state index contributed by atoms with van der Waals surface area (Å²) < 4.78 is 0.865. The number of rotatable bonds is 4. The number of nitro groups is 1. The zero-order valence-electron chi connectivity index (χ0n) is 15.9. The van der Waals surface area contributed by atoms with Gasteiger partial charge < -0.3 is 0 Å². The molecule has 0 atom stereocenters. The predicted molar refractivity (Wildman–Crippen MR) is 114 cm³/mol. The van der Waals surface area contributed by atoms with Crippen molar-refractivity contribution in [3.05, 3.63) is 73.7 Å². The quantitative estimate of drug-likeness (QED) is 0.297. The van der Waals surface area contributed by atoms with E-state index in [4.69, 9.17) is 0 Å². The molecule has 2 amide bonds. The standard InChI is InChI=1S/C22H17BrN2O4/c1-3-9-24-21(26)16-6-4-5-15-19(16)17(22(24)27)11-18(25(28)29)20(15)14-8-7-13(23)10-12(14)2/h4-8,10-11H,3,9H2,1-2H3. The van der Waals surface area contributed by atoms with E-state index in [2.05, 4.69) is 15.9 Å². The summed E-state index contributed by atoms with van der Waals surface area (Å²) in [4.78, 5) is 38.6. The van der Waals surface area contributed by atoms with Crippen LogP contribution in [-0.4, -0.2) is 28.2 Å². The lowest BCUT2D eigenvalue weighted by Crippen LogP contribution is -2.40. The van der Waals surface area contributed by atoms with Crippen LogP contribution in [0.5, 0.6) is 0 Å². The summed E-state index contributed by atoms with van der Waals surface area (Å²) in [7, 11) is 0. The van der Waals surface area contributed by atoms with E-state index in [1.165, 1.54) is 11.0 Å². The fraction of sp³-hybridized carbons (Fsp3) is 0.182. The number of hydrogen-bond donors (Lipinski definition) is 0. The largest absolute Gasteiger partial charge is 0.278 e. The minimum Gasteiger partial charge on any atom is -0.274 e. The van der Waals surface area contributed by atoms with Gasteiger partial charge in [0.15, 0.2) is 0 Å². The molecule has 0 fully saturated rings. The number of carbonyl (C=O) groups excluding carboxylic acids is 2. The predicted octanol–water partition coefficient (Wildman–Crippen LogP) is 5.49. The van der Waals surface area contributed by atoms with E-state index in [9.17, 15) is 19.7 Å². The molecule has 4 rings (SSSR count). The molecule has 0 spiro atoms. The molecule has 1 aliphatic heterocycles. The highest BCUT2D eigenvalue weighted by Crippen LogP contribution is 2.43. The van der Waals surface area contributed by atoms with Crippen molar-refractivity contribution < 1.29 is 14.5 Å². The molecule has 0 unspecified atom stereocenters. The Morgan fingerprint density at radius 1 is 1.03 bits per heavy atom. The van der Waals surface area contributed by atoms with Gasteiger partial charge in [-0.2, -0.15) is 0 Å². The molecule has 0 saturated heterocycles. The van der Waals surface area contributed by atoms with E-state index in [0.29, 0.717) is 33.9 Å². The molecule has 29 heavy (non-hydrogen) atoms. The summed E-state index contributed by atoms with van der Waals surface area (Å²) in [5.41, 5.74) is 2.42. The third-order valence-corrected chi connectivity index (χ3v) is 5.69. The lowest BCUT2D eigenvalue weighted by atomic mass is 9.86. The minimum atomic E-state index is -0.484. The van der Waals surface area contributed by atoms with Crippen LogP contribution in [0.1, 0.15) is 39.6 Å². The first-order valence-corrected chi connectivity index (χ1v) is 10.0. The van der Waals surface area contributed by atoms with Gasteiger partial charge in [-0.15, -0.1) is 0 Å². The van der Waals surface area contributed by atoms with Crippen molar-refractivity contribution in [2.75, 3.05) is 6.54 Å². The fourth-order valence-corrected chi connectivity index (χ4v) is 4.44. The molecule has 0 bridgehead atoms. The van der Waals surface area contributed by atoms with Crippen LogP contribution in [0.15, 0.2) is 46.9 Å². The molecule has 6 nitrogen and oxygen atoms in total. The number of nitrogens with zero attached hydrogens (tertiary/aromatic N) is 2. The minimum absolute atomic E-state index is 0.144. The highest BCUT2D eigenvalue weighted by atomic mass is 79.9. The summed E-state index contributed by atoms with van der Waals surface area (Å²) in [5.74, 6) is -0.843. The number of halogens is 1. The number of carbonyl (C=O) groups is 2. The van der Waals surface area contributed by atoms with Crippen LogP contribution in [-0.2, 0) is 0 Å². The van der Waals surface area contributed by atoms with Crippen LogP contribution in [0.25, 0.3) is 21.9 Å². The van der Waals surface area contributed by atoms with Gasteiger partial charge >= 0.3 is 0 Å². The first-order valence-electron chi connectivity index (χ1n) is 9.22. The first kappa shape index (κ1) is 19.3. The average Bonchev–Trinajstić information content (AvgIpc) is 2.69. The van der Waals surface area contributed by atoms with Crippen molar-refractivity contribution in [2.24, 2.45) is 0 Å². The van der Waals surface area contributed by atoms with Crippen LogP contribution < -0.4 is 0 Å². The van der Waals surface area contributed by atoms with Crippen LogP contribution in [0.4, 0.5) is 5.69 Å². The number of benzene rings is 3. The second-order valence-electron chi connectivity index (χ2n) is 7.02. The monoisotopic (exact) mass is 452 g/mol. The zero-order chi connectivity index (χ0) is 20.9. The molecule has 0 aliphatic carbocycles. The maximum atomic E-state index is 13.0. The van der Waals surface area contributed by atoms with Crippen LogP contribution in [0.3, 0.4) is 0 Å². The molecule has 0 radical (unpaired) electrons. The summed E-state index contributed by atoms with van der Waals surface area (Å²) >= 11 is 3.42. The molecule has 7 heteroatoms. The van der Waals surface area contributed by atoms with Gasteiger partial charge in [0.2, 0.25) is 0 Å². The molecule has 0 aromatic heterocycles. The third kappa shape index (κ3) is 2.93. The highest BCUT2D eigenvalue weighted by Gasteiger charge is 2.36. The Kier molecular flexibility index (Phi) is 4.70. The van der Waals surface area contributed by atoms with Crippen LogP contribution in [0, 0.1) is 17.0 Å². The summed E-state index contributed by atoms with van der Waals surface area (Å²) in [6.45, 7) is 4.02. The van der Waals surface area contributed by atoms with E-state index in [-0.39, 0.29) is 23.7 Å². The van der Waals surface area contributed by atoms with Crippen molar-refractivity contribution in [3.63, 3.8) is 0 Å². The smallest absolute Gasteiger partial charge is 0.274 e. The summed E-state index contributed by atoms with van der Waals surface area (Å²) in [6.07, 6.45) is 0.612. The number of amides is 2. The average molecular weight is 453 g/mol. The van der Waals surface area contributed by atoms with E-state index in [1.807, 2.05) is 32.0 Å². The number of aryl methyl sites for hydroxylation is 1. The van der Waals surface area contributed by atoms with Gasteiger partial charge in [-0.25, -0.2) is 0 Å². The van der Waals surface area contributed by atoms with Crippen molar-refractivity contribution in [1.29, 1.82) is 0 Å². The highest BCUT2D eigenvalue weighted by molar-refractivity contribution is 9.10. The van der Waals surface area contributed by atoms with Gasteiger partial charge in [0.25, 0.3) is 17.5 Å². The van der Waals surface area contributed by atoms with Gasteiger partial charge in [-0.3, -0.25) is 24.6 Å². The molecule has 3 aromatic rings. The molecule has 0 saturated carbocycles. The van der Waals surface area contributed by atoms with Gasteiger partial charge in [-0.1, -0.05) is 41.1 Å². The van der Waals surface area contributed by atoms with Crippen LogP contribution in [0.2, 0.25) is 0 Å². The second kappa shape index (κ2) is 7.08. The maximum Gasteiger partial charge on any atom is 0.278 e. The Hall–Kier alpha value is -3.06. The summed E-state index contributed by atoms with van der Waals surface area (Å²) in [5, 5.41) is 13.0. The number of nitro benzene ring substituents is 1. The van der Waals surface area contributed by atoms with E-state index >= 15 is 0 Å². The lowest BCUT2D eigenvalue weighted by molar-refractivity contribution is -0.384. The molecule has 3 aromatic carbocycles. The number of hydrogen-bond acceptors (Lipinski definition) is 4. The zero-order valence-corrected chi connectivity index (χ0v) is 17.4. The van der Waals surface area contributed by atoms with Gasteiger partial charge in [-0.05, 0) is 48.1 Å². The van der Waals surface area contributed by atoms with Gasteiger partial charge in [0, 0.05) is 28.0 Å². The Labute approximate surface area is 175 Å². The Morgan fingerprint density at radius 2 is 1.76 bits per heavy atom. The van der Waals surface area contributed by atoms with Crippen molar-refractivity contribution in [2.45, 2.75) is 20.3 Å². The topological polar surface area (TPSA) is 80.5 Å². The van der Waals surface area contributed by atoms with Crippen molar-refractivity contribution >= 4 is 44.2 Å². The summed E-state index contributed by atoms with van der Waals surface area (Å²) in [6, 6.07) is 12.0. The Balaban J connectivity index is 2.14. The lowest BCUT2D eigenvalue weighted by Gasteiger charge is -2.27. The van der Waals surface area contributed by atoms with E-state index < -0.39 is 10.8 Å². The first-order chi connectivity index (χ1) is 13.8. The van der Waals surface area contributed by atoms with Crippen molar-refractivity contribution in [3.8, 4) is 11.1 Å². The van der Waals surface area contributed by atoms with Gasteiger partial charge in [0.1, 0.15) is 0 Å². The second-order valence-corrected chi connectivity index (χ2v) is 7.94. The maximum absolute atomic E-state index is 13.0. The Morgan fingerprint density at radius 3 is 2.41 bits per heavy atom. The van der Waals surface area contributed by atoms with Gasteiger partial charge in [0.05, 0.1) is 16.1 Å². The molecule has 1 aliphatic rings. The number of imide groups is 1. The molecular formula is C22H17BrN2O4. The van der Waals surface area contributed by atoms with Crippen LogP contribution >= 0.6 is 15.9 Å². The molecule has 1 heterocycles. The van der Waals surface area contributed by atoms with E-state index in [0.717, 1.165) is 10.0 Å². The fourth-order valence-electron chi connectivity index (χ4n) is 3.96.